The predicted octanol–water partition coefficient (Wildman–Crippen LogP) is 0.296. The second-order valence-electron chi connectivity index (χ2n) is 4.57. The quantitative estimate of drug-likeness (QED) is 0.846. The highest BCUT2D eigenvalue weighted by molar-refractivity contribution is 7.91. The zero-order valence-electron chi connectivity index (χ0n) is 10.7. The van der Waals surface area contributed by atoms with E-state index in [-0.39, 0.29) is 9.79 Å². The Hall–Kier alpha value is -1.45. The number of nitrogens with one attached hydrogen (secondary N) is 1. The second kappa shape index (κ2) is 4.27. The molecule has 7 nitrogen and oxygen atoms in total. The standard InChI is InChI=1S/C11H13N3O4S2/c1-12-19(15,16)8-4-5-9-10(7-8)20(17,18)13-11-3-2-6-14(9)11/h4-5,7,12H,2-3,6H2,1H3. The lowest BCUT2D eigenvalue weighted by Gasteiger charge is -2.25. The fraction of sp³-hybridized carbons (Fsp3) is 0.364. The molecule has 0 aromatic heterocycles. The van der Waals surface area contributed by atoms with Crippen LogP contribution in [0.1, 0.15) is 12.8 Å². The van der Waals surface area contributed by atoms with E-state index in [4.69, 9.17) is 0 Å². The molecule has 0 spiro atoms. The molecule has 0 saturated carbocycles. The van der Waals surface area contributed by atoms with Crippen molar-refractivity contribution in [3.8, 4) is 0 Å². The van der Waals surface area contributed by atoms with Gasteiger partial charge in [-0.25, -0.2) is 13.1 Å². The van der Waals surface area contributed by atoms with Crippen LogP contribution in [-0.2, 0) is 20.0 Å². The molecule has 0 atom stereocenters. The van der Waals surface area contributed by atoms with E-state index < -0.39 is 20.0 Å². The zero-order chi connectivity index (χ0) is 14.5. The number of nitrogens with zero attached hydrogens (tertiary/aromatic N) is 2. The van der Waals surface area contributed by atoms with Crippen molar-refractivity contribution >= 4 is 31.6 Å². The molecule has 3 rings (SSSR count). The Balaban J connectivity index is 2.24. The maximum atomic E-state index is 12.2. The maximum absolute atomic E-state index is 12.2. The van der Waals surface area contributed by atoms with Crippen molar-refractivity contribution in [3.63, 3.8) is 0 Å². The summed E-state index contributed by atoms with van der Waals surface area (Å²) >= 11 is 0. The maximum Gasteiger partial charge on any atom is 0.286 e. The van der Waals surface area contributed by atoms with E-state index in [2.05, 4.69) is 9.12 Å². The fourth-order valence-corrected chi connectivity index (χ4v) is 4.53. The molecule has 20 heavy (non-hydrogen) atoms. The van der Waals surface area contributed by atoms with Crippen molar-refractivity contribution in [1.82, 2.24) is 4.72 Å². The number of rotatable bonds is 2. The largest absolute Gasteiger partial charge is 0.328 e. The summed E-state index contributed by atoms with van der Waals surface area (Å²) in [6.07, 6.45) is 1.46. The fourth-order valence-electron chi connectivity index (χ4n) is 2.41. The minimum atomic E-state index is -3.83. The summed E-state index contributed by atoms with van der Waals surface area (Å²) in [5, 5.41) is 0. The molecule has 1 aromatic carbocycles. The average Bonchev–Trinajstić information content (AvgIpc) is 2.85. The monoisotopic (exact) mass is 315 g/mol. The summed E-state index contributed by atoms with van der Waals surface area (Å²) in [6.45, 7) is 0.694. The molecule has 2 aliphatic heterocycles. The average molecular weight is 315 g/mol. The van der Waals surface area contributed by atoms with Gasteiger partial charge in [0.15, 0.2) is 0 Å². The van der Waals surface area contributed by atoms with Gasteiger partial charge in [0, 0.05) is 13.0 Å². The third kappa shape index (κ3) is 1.93. The van der Waals surface area contributed by atoms with E-state index in [0.29, 0.717) is 24.5 Å². The first kappa shape index (κ1) is 13.5. The molecule has 0 amide bonds. The van der Waals surface area contributed by atoms with E-state index in [1.54, 1.807) is 0 Å². The lowest BCUT2D eigenvalue weighted by atomic mass is 10.3. The summed E-state index contributed by atoms with van der Waals surface area (Å²) in [5.41, 5.74) is 0.502. The van der Waals surface area contributed by atoms with E-state index in [0.717, 1.165) is 12.5 Å². The minimum absolute atomic E-state index is 0.0560. The van der Waals surface area contributed by atoms with Gasteiger partial charge in [-0.1, -0.05) is 0 Å². The van der Waals surface area contributed by atoms with Crippen molar-refractivity contribution in [1.29, 1.82) is 0 Å². The molecule has 108 valence electrons. The summed E-state index contributed by atoms with van der Waals surface area (Å²) in [4.78, 5) is 1.69. The smallest absolute Gasteiger partial charge is 0.286 e. The number of fused-ring (bicyclic) bond motifs is 3. The number of hydrogen-bond acceptors (Lipinski definition) is 5. The first-order valence-electron chi connectivity index (χ1n) is 6.04. The van der Waals surface area contributed by atoms with Crippen molar-refractivity contribution in [2.75, 3.05) is 18.5 Å². The lowest BCUT2D eigenvalue weighted by Crippen LogP contribution is -2.30. The van der Waals surface area contributed by atoms with Crippen LogP contribution in [0.15, 0.2) is 32.4 Å². The van der Waals surface area contributed by atoms with Crippen molar-refractivity contribution < 1.29 is 16.8 Å². The van der Waals surface area contributed by atoms with Gasteiger partial charge in [0.2, 0.25) is 10.0 Å². The van der Waals surface area contributed by atoms with Crippen LogP contribution < -0.4 is 9.62 Å². The molecule has 0 radical (unpaired) electrons. The van der Waals surface area contributed by atoms with Crippen LogP contribution in [-0.4, -0.2) is 36.3 Å². The van der Waals surface area contributed by atoms with Crippen LogP contribution in [0, 0.1) is 0 Å². The normalized spacial score (nSPS) is 20.2. The second-order valence-corrected chi connectivity index (χ2v) is 8.03. The molecule has 9 heteroatoms. The Morgan fingerprint density at radius 3 is 2.80 bits per heavy atom. The summed E-state index contributed by atoms with van der Waals surface area (Å²) in [6, 6.07) is 4.09. The Labute approximate surface area is 117 Å². The predicted molar refractivity (Wildman–Crippen MR) is 73.9 cm³/mol. The number of sulfonamides is 2. The van der Waals surface area contributed by atoms with Crippen LogP contribution in [0.2, 0.25) is 0 Å². The highest BCUT2D eigenvalue weighted by Gasteiger charge is 2.34. The molecular weight excluding hydrogens is 302 g/mol. The van der Waals surface area contributed by atoms with Gasteiger partial charge >= 0.3 is 0 Å². The number of amidine groups is 1. The summed E-state index contributed by atoms with van der Waals surface area (Å²) in [7, 11) is -6.24. The van der Waals surface area contributed by atoms with Gasteiger partial charge in [-0.3, -0.25) is 0 Å². The Bertz CT molecular complexity index is 812. The van der Waals surface area contributed by atoms with Gasteiger partial charge in [-0.05, 0) is 31.7 Å². The van der Waals surface area contributed by atoms with E-state index in [1.165, 1.54) is 19.2 Å². The first-order valence-corrected chi connectivity index (χ1v) is 8.96. The zero-order valence-corrected chi connectivity index (χ0v) is 12.3. The topological polar surface area (TPSA) is 95.9 Å². The van der Waals surface area contributed by atoms with Gasteiger partial charge in [0.25, 0.3) is 10.0 Å². The van der Waals surface area contributed by atoms with Crippen LogP contribution in [0.5, 0.6) is 0 Å². The molecule has 0 aliphatic carbocycles. The Morgan fingerprint density at radius 2 is 2.10 bits per heavy atom. The molecule has 0 unspecified atom stereocenters. The van der Waals surface area contributed by atoms with Crippen LogP contribution >= 0.6 is 0 Å². The lowest BCUT2D eigenvalue weighted by molar-refractivity contribution is 0.587. The highest BCUT2D eigenvalue weighted by atomic mass is 32.2. The minimum Gasteiger partial charge on any atom is -0.328 e. The van der Waals surface area contributed by atoms with Gasteiger partial charge in [0.1, 0.15) is 10.7 Å². The van der Waals surface area contributed by atoms with Crippen LogP contribution in [0.4, 0.5) is 5.69 Å². The number of hydrogen-bond donors (Lipinski definition) is 1. The molecule has 1 fully saturated rings. The third-order valence-electron chi connectivity index (χ3n) is 3.40. The molecule has 2 aliphatic rings. The Morgan fingerprint density at radius 1 is 1.35 bits per heavy atom. The summed E-state index contributed by atoms with van der Waals surface area (Å²) < 4.78 is 53.8. The van der Waals surface area contributed by atoms with E-state index in [9.17, 15) is 16.8 Å². The number of anilines is 1. The van der Waals surface area contributed by atoms with Gasteiger partial charge in [-0.15, -0.1) is 4.40 Å². The van der Waals surface area contributed by atoms with Crippen molar-refractivity contribution in [2.24, 2.45) is 4.40 Å². The first-order chi connectivity index (χ1) is 9.35. The SMILES string of the molecule is CNS(=O)(=O)c1ccc2c(c1)S(=O)(=O)N=C1CCCN12. The van der Waals surface area contributed by atoms with Gasteiger partial charge < -0.3 is 4.90 Å². The summed E-state index contributed by atoms with van der Waals surface area (Å²) in [5.74, 6) is 0.529. The Kier molecular flexibility index (Phi) is 2.89. The number of benzene rings is 1. The van der Waals surface area contributed by atoms with Gasteiger partial charge in [0.05, 0.1) is 10.6 Å². The van der Waals surface area contributed by atoms with Crippen molar-refractivity contribution in [3.05, 3.63) is 18.2 Å². The van der Waals surface area contributed by atoms with Gasteiger partial charge in [-0.2, -0.15) is 8.42 Å². The van der Waals surface area contributed by atoms with Crippen LogP contribution in [0.25, 0.3) is 0 Å². The molecule has 1 aromatic rings. The van der Waals surface area contributed by atoms with Crippen molar-refractivity contribution in [2.45, 2.75) is 22.6 Å². The molecule has 0 bridgehead atoms. The molecule has 1 N–H and O–H groups in total. The van der Waals surface area contributed by atoms with E-state index >= 15 is 0 Å². The molecule has 1 saturated heterocycles. The molecule has 2 heterocycles. The highest BCUT2D eigenvalue weighted by Crippen LogP contribution is 2.36. The third-order valence-corrected chi connectivity index (χ3v) is 6.14. The van der Waals surface area contributed by atoms with Crippen LogP contribution in [0.3, 0.4) is 0 Å². The van der Waals surface area contributed by atoms with E-state index in [1.807, 2.05) is 4.90 Å². The molecular formula is C11H13N3O4S2.